The van der Waals surface area contributed by atoms with E-state index in [-0.39, 0.29) is 17.4 Å². The van der Waals surface area contributed by atoms with Gasteiger partial charge in [-0.3, -0.25) is 4.79 Å². The lowest BCUT2D eigenvalue weighted by atomic mass is 9.81. The summed E-state index contributed by atoms with van der Waals surface area (Å²) in [6.07, 6.45) is 6.50. The lowest BCUT2D eigenvalue weighted by Crippen LogP contribution is -2.29. The predicted molar refractivity (Wildman–Crippen MR) is 86.2 cm³/mol. The summed E-state index contributed by atoms with van der Waals surface area (Å²) in [5.41, 5.74) is 6.72. The summed E-state index contributed by atoms with van der Waals surface area (Å²) in [6.45, 7) is 0.671. The number of anilines is 1. The average molecular weight is 316 g/mol. The lowest BCUT2D eigenvalue weighted by molar-refractivity contribution is -0.121. The Hall–Kier alpha value is -2.41. The zero-order valence-electron chi connectivity index (χ0n) is 12.7. The number of H-pyrrole nitrogens is 1. The Kier molecular flexibility index (Phi) is 4.29. The molecule has 1 amide bonds. The molecular weight excluding hydrogens is 296 g/mol. The van der Waals surface area contributed by atoms with Crippen LogP contribution in [0.5, 0.6) is 0 Å². The van der Waals surface area contributed by atoms with Crippen molar-refractivity contribution in [3.8, 4) is 0 Å². The van der Waals surface area contributed by atoms with Crippen LogP contribution in [0, 0.1) is 11.8 Å². The van der Waals surface area contributed by atoms with Crippen LogP contribution in [0.3, 0.4) is 0 Å². The first-order chi connectivity index (χ1) is 11.1. The Morgan fingerprint density at radius 1 is 1.35 bits per heavy atom. The first-order valence-electron chi connectivity index (χ1n) is 7.80. The summed E-state index contributed by atoms with van der Waals surface area (Å²) >= 11 is 0. The van der Waals surface area contributed by atoms with Crippen LogP contribution in [-0.2, 0) is 4.79 Å². The van der Waals surface area contributed by atoms with Gasteiger partial charge in [-0.1, -0.05) is 0 Å². The molecule has 1 fully saturated rings. The Morgan fingerprint density at radius 3 is 2.74 bits per heavy atom. The SMILES string of the molecule is NC[C@H]1CC[C@H](C(=O)Nc2ccnc3[nH]cc(C(=O)O)c23)CC1. The van der Waals surface area contributed by atoms with Crippen LogP contribution < -0.4 is 11.1 Å². The van der Waals surface area contributed by atoms with Gasteiger partial charge in [0.1, 0.15) is 5.65 Å². The Bertz CT molecular complexity index is 732. The number of hydrogen-bond donors (Lipinski definition) is 4. The van der Waals surface area contributed by atoms with Crippen LogP contribution in [0.25, 0.3) is 11.0 Å². The van der Waals surface area contributed by atoms with Crippen LogP contribution in [0.2, 0.25) is 0 Å². The first kappa shape index (κ1) is 15.5. The molecule has 122 valence electrons. The summed E-state index contributed by atoms with van der Waals surface area (Å²) < 4.78 is 0. The van der Waals surface area contributed by atoms with Crippen molar-refractivity contribution in [3.63, 3.8) is 0 Å². The van der Waals surface area contributed by atoms with Crippen molar-refractivity contribution in [2.75, 3.05) is 11.9 Å². The van der Waals surface area contributed by atoms with E-state index in [2.05, 4.69) is 15.3 Å². The maximum Gasteiger partial charge on any atom is 0.338 e. The smallest absolute Gasteiger partial charge is 0.338 e. The summed E-state index contributed by atoms with van der Waals surface area (Å²) in [7, 11) is 0. The lowest BCUT2D eigenvalue weighted by Gasteiger charge is -2.26. The summed E-state index contributed by atoms with van der Waals surface area (Å²) in [5, 5.41) is 12.6. The van der Waals surface area contributed by atoms with Gasteiger partial charge in [-0.05, 0) is 44.2 Å². The zero-order valence-corrected chi connectivity index (χ0v) is 12.7. The van der Waals surface area contributed by atoms with Gasteiger partial charge in [-0.25, -0.2) is 9.78 Å². The highest BCUT2D eigenvalue weighted by Gasteiger charge is 2.26. The second-order valence-corrected chi connectivity index (χ2v) is 6.03. The van der Waals surface area contributed by atoms with Crippen LogP contribution >= 0.6 is 0 Å². The molecule has 1 saturated carbocycles. The first-order valence-corrected chi connectivity index (χ1v) is 7.80. The highest BCUT2D eigenvalue weighted by Crippen LogP contribution is 2.30. The van der Waals surface area contributed by atoms with E-state index in [1.165, 1.54) is 6.20 Å². The fourth-order valence-electron chi connectivity index (χ4n) is 3.22. The molecule has 0 unspecified atom stereocenters. The number of nitrogens with two attached hydrogens (primary N) is 1. The minimum Gasteiger partial charge on any atom is -0.478 e. The van der Waals surface area contributed by atoms with Gasteiger partial charge in [-0.2, -0.15) is 0 Å². The monoisotopic (exact) mass is 316 g/mol. The molecule has 0 aromatic carbocycles. The number of aromatic amines is 1. The number of carboxylic acid groups (broad SMARTS) is 1. The second kappa shape index (κ2) is 6.37. The Labute approximate surface area is 133 Å². The molecule has 0 radical (unpaired) electrons. The van der Waals surface area contributed by atoms with Gasteiger partial charge in [-0.15, -0.1) is 0 Å². The van der Waals surface area contributed by atoms with E-state index in [1.807, 2.05) is 0 Å². The molecule has 7 nitrogen and oxygen atoms in total. The van der Waals surface area contributed by atoms with Gasteiger partial charge in [0.05, 0.1) is 16.6 Å². The fraction of sp³-hybridized carbons (Fsp3) is 0.438. The van der Waals surface area contributed by atoms with E-state index < -0.39 is 5.97 Å². The number of nitrogens with zero attached hydrogens (tertiary/aromatic N) is 1. The minimum atomic E-state index is -1.05. The van der Waals surface area contributed by atoms with Crippen molar-refractivity contribution < 1.29 is 14.7 Å². The largest absolute Gasteiger partial charge is 0.478 e. The molecule has 23 heavy (non-hydrogen) atoms. The number of pyridine rings is 1. The third kappa shape index (κ3) is 3.05. The number of carboxylic acids is 1. The molecule has 1 aliphatic carbocycles. The normalized spacial score (nSPS) is 21.3. The molecule has 7 heteroatoms. The number of carbonyl (C=O) groups excluding carboxylic acids is 1. The van der Waals surface area contributed by atoms with Crippen molar-refractivity contribution in [1.82, 2.24) is 9.97 Å². The van der Waals surface area contributed by atoms with E-state index in [0.29, 0.717) is 29.2 Å². The molecule has 0 saturated heterocycles. The van der Waals surface area contributed by atoms with Gasteiger partial charge < -0.3 is 21.1 Å². The van der Waals surface area contributed by atoms with Crippen LogP contribution in [0.15, 0.2) is 18.5 Å². The summed E-state index contributed by atoms with van der Waals surface area (Å²) in [5.74, 6) is -0.656. The van der Waals surface area contributed by atoms with Crippen molar-refractivity contribution in [2.45, 2.75) is 25.7 Å². The fourth-order valence-corrected chi connectivity index (χ4v) is 3.22. The molecule has 2 aromatic heterocycles. The van der Waals surface area contributed by atoms with Crippen molar-refractivity contribution in [3.05, 3.63) is 24.0 Å². The molecular formula is C16H20N4O3. The number of aromatic carboxylic acids is 1. The predicted octanol–water partition coefficient (Wildman–Crippen LogP) is 1.96. The van der Waals surface area contributed by atoms with Crippen LogP contribution in [0.1, 0.15) is 36.0 Å². The molecule has 5 N–H and O–H groups in total. The van der Waals surface area contributed by atoms with Crippen LogP contribution in [-0.4, -0.2) is 33.5 Å². The number of hydrogen-bond acceptors (Lipinski definition) is 4. The van der Waals surface area contributed by atoms with Crippen molar-refractivity contribution in [1.29, 1.82) is 0 Å². The number of aromatic nitrogens is 2. The minimum absolute atomic E-state index is 0.0479. The van der Waals surface area contributed by atoms with Gasteiger partial charge in [0.2, 0.25) is 5.91 Å². The molecule has 3 rings (SSSR count). The maximum atomic E-state index is 12.5. The molecule has 2 aromatic rings. The third-order valence-corrected chi connectivity index (χ3v) is 4.61. The maximum absolute atomic E-state index is 12.5. The topological polar surface area (TPSA) is 121 Å². The Balaban J connectivity index is 1.80. The molecule has 2 heterocycles. The number of carbonyl (C=O) groups is 2. The number of fused-ring (bicyclic) bond motifs is 1. The van der Waals surface area contributed by atoms with E-state index in [9.17, 15) is 14.7 Å². The summed E-state index contributed by atoms with van der Waals surface area (Å²) in [6, 6.07) is 1.63. The van der Waals surface area contributed by atoms with E-state index in [4.69, 9.17) is 5.73 Å². The van der Waals surface area contributed by atoms with Crippen molar-refractivity contribution in [2.24, 2.45) is 17.6 Å². The molecule has 0 bridgehead atoms. The van der Waals surface area contributed by atoms with Gasteiger partial charge >= 0.3 is 5.97 Å². The number of amides is 1. The molecule has 0 spiro atoms. The number of rotatable bonds is 4. The quantitative estimate of drug-likeness (QED) is 0.687. The highest BCUT2D eigenvalue weighted by molar-refractivity contribution is 6.10. The van der Waals surface area contributed by atoms with Crippen molar-refractivity contribution >= 4 is 28.6 Å². The summed E-state index contributed by atoms with van der Waals surface area (Å²) in [4.78, 5) is 30.7. The zero-order chi connectivity index (χ0) is 16.4. The average Bonchev–Trinajstić information content (AvgIpc) is 3.00. The Morgan fingerprint density at radius 2 is 2.09 bits per heavy atom. The highest BCUT2D eigenvalue weighted by atomic mass is 16.4. The standard InChI is InChI=1S/C16H20N4O3/c17-7-9-1-3-10(4-2-9)15(21)20-12-5-6-18-14-13(12)11(8-19-14)16(22)23/h5-6,8-10H,1-4,7,17H2,(H,22,23)(H2,18,19,20,21)/t9-,10-. The van der Waals surface area contributed by atoms with Gasteiger partial charge in [0.25, 0.3) is 0 Å². The van der Waals surface area contributed by atoms with E-state index in [1.54, 1.807) is 12.3 Å². The second-order valence-electron chi connectivity index (χ2n) is 6.03. The molecule has 0 atom stereocenters. The van der Waals surface area contributed by atoms with Crippen LogP contribution in [0.4, 0.5) is 5.69 Å². The third-order valence-electron chi connectivity index (χ3n) is 4.61. The van der Waals surface area contributed by atoms with Gasteiger partial charge in [0, 0.05) is 18.3 Å². The number of nitrogens with one attached hydrogen (secondary N) is 2. The van der Waals surface area contributed by atoms with E-state index in [0.717, 1.165) is 25.7 Å². The molecule has 1 aliphatic rings. The van der Waals surface area contributed by atoms with Gasteiger partial charge in [0.15, 0.2) is 0 Å². The van der Waals surface area contributed by atoms with E-state index >= 15 is 0 Å². The molecule has 0 aliphatic heterocycles.